The van der Waals surface area contributed by atoms with Crippen molar-refractivity contribution in [3.05, 3.63) is 77.0 Å². The van der Waals surface area contributed by atoms with E-state index in [1.807, 2.05) is 32.0 Å². The Labute approximate surface area is 157 Å². The number of urea groups is 1. The number of rotatable bonds is 6. The number of halogens is 1. The molecule has 7 heteroatoms. The van der Waals surface area contributed by atoms with Crippen molar-refractivity contribution in [2.75, 3.05) is 6.54 Å². The summed E-state index contributed by atoms with van der Waals surface area (Å²) in [6, 6.07) is 11.8. The van der Waals surface area contributed by atoms with Gasteiger partial charge in [-0.05, 0) is 55.7 Å². The highest BCUT2D eigenvalue weighted by Crippen LogP contribution is 2.10. The molecule has 0 atom stereocenters. The monoisotopic (exact) mass is 367 g/mol. The van der Waals surface area contributed by atoms with E-state index in [0.717, 1.165) is 28.3 Å². The molecule has 140 valence electrons. The Kier molecular flexibility index (Phi) is 5.80. The lowest BCUT2D eigenvalue weighted by atomic mass is 10.1. The fraction of sp³-hybridized carbons (Fsp3) is 0.250. The number of pyridine rings is 1. The highest BCUT2D eigenvalue weighted by Gasteiger charge is 2.06. The first-order valence-electron chi connectivity index (χ1n) is 8.76. The van der Waals surface area contributed by atoms with Crippen molar-refractivity contribution in [2.24, 2.45) is 0 Å². The number of nitrogens with one attached hydrogen (secondary N) is 2. The van der Waals surface area contributed by atoms with Gasteiger partial charge >= 0.3 is 6.03 Å². The van der Waals surface area contributed by atoms with Crippen molar-refractivity contribution in [2.45, 2.75) is 26.8 Å². The van der Waals surface area contributed by atoms with Crippen LogP contribution in [0.3, 0.4) is 0 Å². The Bertz CT molecular complexity index is 903. The highest BCUT2D eigenvalue weighted by atomic mass is 19.1. The van der Waals surface area contributed by atoms with Crippen LogP contribution in [-0.4, -0.2) is 27.3 Å². The zero-order chi connectivity index (χ0) is 19.2. The van der Waals surface area contributed by atoms with Crippen molar-refractivity contribution < 1.29 is 9.18 Å². The van der Waals surface area contributed by atoms with Crippen molar-refractivity contribution in [3.8, 4) is 5.82 Å². The molecular weight excluding hydrogens is 345 g/mol. The minimum Gasteiger partial charge on any atom is -0.338 e. The molecule has 0 unspecified atom stereocenters. The molecule has 0 spiro atoms. The predicted octanol–water partition coefficient (Wildman–Crippen LogP) is 3.07. The maximum absolute atomic E-state index is 12.9. The minimum atomic E-state index is -0.262. The molecule has 0 bridgehead atoms. The summed E-state index contributed by atoms with van der Waals surface area (Å²) in [5.74, 6) is 0.482. The Morgan fingerprint density at radius 2 is 1.81 bits per heavy atom. The molecule has 6 nitrogen and oxygen atoms in total. The lowest BCUT2D eigenvalue weighted by Gasteiger charge is -2.09. The number of aryl methyl sites for hydroxylation is 2. The van der Waals surface area contributed by atoms with E-state index in [4.69, 9.17) is 0 Å². The fourth-order valence-electron chi connectivity index (χ4n) is 2.72. The zero-order valence-electron chi connectivity index (χ0n) is 15.4. The number of benzene rings is 1. The summed E-state index contributed by atoms with van der Waals surface area (Å²) in [5, 5.41) is 9.98. The van der Waals surface area contributed by atoms with E-state index in [2.05, 4.69) is 20.7 Å². The van der Waals surface area contributed by atoms with E-state index in [9.17, 15) is 9.18 Å². The summed E-state index contributed by atoms with van der Waals surface area (Å²) < 4.78 is 14.6. The van der Waals surface area contributed by atoms with Gasteiger partial charge < -0.3 is 10.6 Å². The standard InChI is InChI=1S/C20H22FN5O/c1-14-11-15(2)26(25-14)19-8-5-17(12-23-19)13-24-20(27)22-10-9-16-3-6-18(21)7-4-16/h3-8,11-12H,9-10,13H2,1-2H3,(H2,22,24,27). The topological polar surface area (TPSA) is 71.8 Å². The smallest absolute Gasteiger partial charge is 0.315 e. The number of hydrogen-bond donors (Lipinski definition) is 2. The number of carbonyl (C=O) groups is 1. The van der Waals surface area contributed by atoms with Crippen molar-refractivity contribution in [3.63, 3.8) is 0 Å². The van der Waals surface area contributed by atoms with Crippen LogP contribution in [-0.2, 0) is 13.0 Å². The Morgan fingerprint density at radius 3 is 2.44 bits per heavy atom. The van der Waals surface area contributed by atoms with E-state index >= 15 is 0 Å². The molecule has 1 aromatic carbocycles. The van der Waals surface area contributed by atoms with Crippen LogP contribution < -0.4 is 10.6 Å². The summed E-state index contributed by atoms with van der Waals surface area (Å²) in [7, 11) is 0. The number of amides is 2. The molecule has 2 heterocycles. The van der Waals surface area contributed by atoms with Crippen LogP contribution >= 0.6 is 0 Å². The van der Waals surface area contributed by atoms with Crippen LogP contribution in [0, 0.1) is 19.7 Å². The molecule has 2 N–H and O–H groups in total. The molecule has 2 aromatic heterocycles. The number of carbonyl (C=O) groups excluding carboxylic acids is 1. The summed E-state index contributed by atoms with van der Waals surface area (Å²) in [6.45, 7) is 4.78. The predicted molar refractivity (Wildman–Crippen MR) is 101 cm³/mol. The second-order valence-corrected chi connectivity index (χ2v) is 6.35. The SMILES string of the molecule is Cc1cc(C)n(-c2ccc(CNC(=O)NCCc3ccc(F)cc3)cn2)n1. The Morgan fingerprint density at radius 1 is 1.07 bits per heavy atom. The van der Waals surface area contributed by atoms with Gasteiger partial charge in [0.25, 0.3) is 0 Å². The highest BCUT2D eigenvalue weighted by molar-refractivity contribution is 5.73. The van der Waals surface area contributed by atoms with Gasteiger partial charge in [0.1, 0.15) is 5.82 Å². The van der Waals surface area contributed by atoms with Gasteiger partial charge in [-0.15, -0.1) is 0 Å². The molecule has 2 amide bonds. The lowest BCUT2D eigenvalue weighted by molar-refractivity contribution is 0.240. The van der Waals surface area contributed by atoms with Gasteiger partial charge in [-0.3, -0.25) is 0 Å². The fourth-order valence-corrected chi connectivity index (χ4v) is 2.72. The molecule has 0 aliphatic carbocycles. The van der Waals surface area contributed by atoms with Crippen LogP contribution in [0.25, 0.3) is 5.82 Å². The van der Waals surface area contributed by atoms with Crippen molar-refractivity contribution in [1.29, 1.82) is 0 Å². The van der Waals surface area contributed by atoms with Crippen molar-refractivity contribution in [1.82, 2.24) is 25.4 Å². The Hall–Kier alpha value is -3.22. The van der Waals surface area contributed by atoms with Gasteiger partial charge in [0.2, 0.25) is 0 Å². The maximum atomic E-state index is 12.9. The van der Waals surface area contributed by atoms with Gasteiger partial charge in [0.05, 0.1) is 5.69 Å². The third kappa shape index (κ3) is 5.13. The molecule has 0 saturated carbocycles. The number of hydrogen-bond acceptors (Lipinski definition) is 3. The van der Waals surface area contributed by atoms with Crippen LogP contribution in [0.15, 0.2) is 48.7 Å². The summed E-state index contributed by atoms with van der Waals surface area (Å²) in [5.41, 5.74) is 3.83. The second kappa shape index (κ2) is 8.44. The molecule has 3 rings (SSSR count). The molecule has 0 aliphatic heterocycles. The average Bonchev–Trinajstić information content (AvgIpc) is 3.00. The molecule has 0 saturated heterocycles. The normalized spacial score (nSPS) is 10.6. The number of nitrogens with zero attached hydrogens (tertiary/aromatic N) is 3. The third-order valence-electron chi connectivity index (χ3n) is 4.10. The van der Waals surface area contributed by atoms with Crippen LogP contribution in [0.1, 0.15) is 22.5 Å². The molecule has 27 heavy (non-hydrogen) atoms. The first kappa shape index (κ1) is 18.6. The van der Waals surface area contributed by atoms with E-state index in [1.165, 1.54) is 12.1 Å². The maximum Gasteiger partial charge on any atom is 0.315 e. The molecule has 3 aromatic rings. The van der Waals surface area contributed by atoms with E-state index in [-0.39, 0.29) is 11.8 Å². The molecule has 0 fully saturated rings. The van der Waals surface area contributed by atoms with Crippen LogP contribution in [0.4, 0.5) is 9.18 Å². The van der Waals surface area contributed by atoms with Gasteiger partial charge in [-0.1, -0.05) is 18.2 Å². The van der Waals surface area contributed by atoms with Gasteiger partial charge in [0, 0.05) is 25.0 Å². The van der Waals surface area contributed by atoms with E-state index < -0.39 is 0 Å². The summed E-state index contributed by atoms with van der Waals surface area (Å²) >= 11 is 0. The molecule has 0 radical (unpaired) electrons. The van der Waals surface area contributed by atoms with Gasteiger partial charge in [-0.25, -0.2) is 18.9 Å². The first-order chi connectivity index (χ1) is 13.0. The zero-order valence-corrected chi connectivity index (χ0v) is 15.4. The first-order valence-corrected chi connectivity index (χ1v) is 8.76. The van der Waals surface area contributed by atoms with E-state index in [0.29, 0.717) is 19.5 Å². The second-order valence-electron chi connectivity index (χ2n) is 6.35. The minimum absolute atomic E-state index is 0.250. The molecule has 0 aliphatic rings. The van der Waals surface area contributed by atoms with Gasteiger partial charge in [0.15, 0.2) is 5.82 Å². The average molecular weight is 367 g/mol. The van der Waals surface area contributed by atoms with Crippen LogP contribution in [0.5, 0.6) is 0 Å². The lowest BCUT2D eigenvalue weighted by Crippen LogP contribution is -2.36. The quantitative estimate of drug-likeness (QED) is 0.703. The third-order valence-corrected chi connectivity index (χ3v) is 4.10. The van der Waals surface area contributed by atoms with Crippen molar-refractivity contribution >= 4 is 6.03 Å². The largest absolute Gasteiger partial charge is 0.338 e. The Balaban J connectivity index is 1.44. The summed E-state index contributed by atoms with van der Waals surface area (Å²) in [6.07, 6.45) is 2.37. The van der Waals surface area contributed by atoms with Crippen LogP contribution in [0.2, 0.25) is 0 Å². The van der Waals surface area contributed by atoms with Gasteiger partial charge in [-0.2, -0.15) is 5.10 Å². The van der Waals surface area contributed by atoms with E-state index in [1.54, 1.807) is 23.0 Å². The number of aromatic nitrogens is 3. The summed E-state index contributed by atoms with van der Waals surface area (Å²) in [4.78, 5) is 16.3. The molecular formula is C20H22FN5O.